The van der Waals surface area contributed by atoms with Crippen LogP contribution in [0.15, 0.2) is 22.4 Å². The van der Waals surface area contributed by atoms with E-state index in [-0.39, 0.29) is 11.6 Å². The van der Waals surface area contributed by atoms with Crippen molar-refractivity contribution in [3.05, 3.63) is 33.9 Å². The molecule has 2 aromatic rings. The minimum Gasteiger partial charge on any atom is -0.318 e. The zero-order valence-corrected chi connectivity index (χ0v) is 12.3. The van der Waals surface area contributed by atoms with Crippen molar-refractivity contribution < 1.29 is 4.79 Å². The summed E-state index contributed by atoms with van der Waals surface area (Å²) in [6.45, 7) is 0. The van der Waals surface area contributed by atoms with Gasteiger partial charge in [-0.3, -0.25) is 4.79 Å². The molecule has 4 nitrogen and oxygen atoms in total. The van der Waals surface area contributed by atoms with Gasteiger partial charge in [0.15, 0.2) is 5.69 Å². The highest BCUT2D eigenvalue weighted by Gasteiger charge is 2.18. The first-order chi connectivity index (χ1) is 8.63. The standard InChI is InChI=1S/C10H7Cl2N3OS2/c1-17-10-8(14-15-18-10)9(16)13-7-5(11)3-2-4-6(7)12/h2-4H,1H3,(H,13,16). The number of carbonyl (C=O) groups is 1. The predicted octanol–water partition coefficient (Wildman–Crippen LogP) is 3.82. The number of hydrogen-bond donors (Lipinski definition) is 1. The van der Waals surface area contributed by atoms with Crippen LogP contribution in [0.4, 0.5) is 5.69 Å². The first kappa shape index (κ1) is 13.6. The van der Waals surface area contributed by atoms with Gasteiger partial charge in [-0.1, -0.05) is 33.8 Å². The Balaban J connectivity index is 2.27. The smallest absolute Gasteiger partial charge is 0.278 e. The van der Waals surface area contributed by atoms with Crippen LogP contribution < -0.4 is 5.32 Å². The molecule has 1 aromatic heterocycles. The van der Waals surface area contributed by atoms with Gasteiger partial charge in [0.25, 0.3) is 5.91 Å². The summed E-state index contributed by atoms with van der Waals surface area (Å²) in [6, 6.07) is 5.01. The van der Waals surface area contributed by atoms with E-state index in [0.29, 0.717) is 15.7 Å². The van der Waals surface area contributed by atoms with Crippen molar-refractivity contribution in [2.75, 3.05) is 11.6 Å². The first-order valence-corrected chi connectivity index (χ1v) is 7.50. The minimum absolute atomic E-state index is 0.281. The fourth-order valence-corrected chi connectivity index (χ4v) is 2.88. The molecule has 0 unspecified atom stereocenters. The largest absolute Gasteiger partial charge is 0.318 e. The van der Waals surface area contributed by atoms with Crippen LogP contribution in [-0.2, 0) is 0 Å². The second-order valence-electron chi connectivity index (χ2n) is 3.16. The highest BCUT2D eigenvalue weighted by atomic mass is 35.5. The fourth-order valence-electron chi connectivity index (χ4n) is 1.24. The molecule has 0 radical (unpaired) electrons. The van der Waals surface area contributed by atoms with Gasteiger partial charge >= 0.3 is 0 Å². The average molecular weight is 320 g/mol. The van der Waals surface area contributed by atoms with Crippen molar-refractivity contribution in [2.45, 2.75) is 4.21 Å². The lowest BCUT2D eigenvalue weighted by atomic mass is 10.3. The Bertz CT molecular complexity index is 568. The number of nitrogens with zero attached hydrogens (tertiary/aromatic N) is 2. The molecule has 1 aromatic carbocycles. The summed E-state index contributed by atoms with van der Waals surface area (Å²) in [6.07, 6.45) is 1.86. The molecule has 2 rings (SSSR count). The molecule has 94 valence electrons. The number of nitrogens with one attached hydrogen (secondary N) is 1. The van der Waals surface area contributed by atoms with E-state index >= 15 is 0 Å². The molecule has 0 atom stereocenters. The average Bonchev–Trinajstić information content (AvgIpc) is 2.82. The van der Waals surface area contributed by atoms with E-state index in [0.717, 1.165) is 4.21 Å². The van der Waals surface area contributed by atoms with Crippen molar-refractivity contribution in [3.63, 3.8) is 0 Å². The van der Waals surface area contributed by atoms with Gasteiger partial charge in [-0.05, 0) is 29.9 Å². The number of halogens is 2. The lowest BCUT2D eigenvalue weighted by molar-refractivity contribution is 0.101. The molecule has 0 saturated heterocycles. The van der Waals surface area contributed by atoms with Crippen LogP contribution in [0.2, 0.25) is 10.0 Å². The Morgan fingerprint density at radius 2 is 2.06 bits per heavy atom. The number of rotatable bonds is 3. The van der Waals surface area contributed by atoms with Gasteiger partial charge in [-0.2, -0.15) is 0 Å². The summed E-state index contributed by atoms with van der Waals surface area (Å²) < 4.78 is 4.49. The van der Waals surface area contributed by atoms with Crippen molar-refractivity contribution in [3.8, 4) is 0 Å². The second kappa shape index (κ2) is 5.88. The maximum absolute atomic E-state index is 12.0. The summed E-state index contributed by atoms with van der Waals surface area (Å²) in [5, 5.41) is 7.19. The molecule has 0 aliphatic heterocycles. The Morgan fingerprint density at radius 3 is 2.67 bits per heavy atom. The molecular formula is C10H7Cl2N3OS2. The number of para-hydroxylation sites is 1. The number of thioether (sulfide) groups is 1. The Labute approximate surface area is 122 Å². The minimum atomic E-state index is -0.372. The van der Waals surface area contributed by atoms with Gasteiger partial charge in [0.2, 0.25) is 0 Å². The second-order valence-corrected chi connectivity index (χ2v) is 5.81. The van der Waals surface area contributed by atoms with Gasteiger partial charge in [-0.15, -0.1) is 16.9 Å². The number of amides is 1. The van der Waals surface area contributed by atoms with E-state index in [1.807, 2.05) is 6.26 Å². The maximum atomic E-state index is 12.0. The third-order valence-corrected chi connectivity index (χ3v) is 4.50. The van der Waals surface area contributed by atoms with Crippen LogP contribution in [0.1, 0.15) is 10.5 Å². The van der Waals surface area contributed by atoms with Gasteiger partial charge in [-0.25, -0.2) is 0 Å². The fraction of sp³-hybridized carbons (Fsp3) is 0.100. The summed E-state index contributed by atoms with van der Waals surface area (Å²) in [5.74, 6) is -0.372. The summed E-state index contributed by atoms with van der Waals surface area (Å²) >= 11 is 14.5. The zero-order chi connectivity index (χ0) is 13.1. The Hall–Kier alpha value is -0.820. The quantitative estimate of drug-likeness (QED) is 0.874. The number of benzene rings is 1. The van der Waals surface area contributed by atoms with E-state index in [2.05, 4.69) is 14.9 Å². The first-order valence-electron chi connectivity index (χ1n) is 4.75. The highest BCUT2D eigenvalue weighted by molar-refractivity contribution is 8.00. The lowest BCUT2D eigenvalue weighted by Crippen LogP contribution is -2.14. The molecule has 1 N–H and O–H groups in total. The number of anilines is 1. The van der Waals surface area contributed by atoms with E-state index in [9.17, 15) is 4.79 Å². The molecule has 0 spiro atoms. The maximum Gasteiger partial charge on any atom is 0.278 e. The number of hydrogen-bond acceptors (Lipinski definition) is 5. The third-order valence-electron chi connectivity index (χ3n) is 2.06. The van der Waals surface area contributed by atoms with E-state index < -0.39 is 0 Å². The number of aromatic nitrogens is 2. The molecule has 0 saturated carbocycles. The van der Waals surface area contributed by atoms with Crippen molar-refractivity contribution in [1.82, 2.24) is 9.59 Å². The van der Waals surface area contributed by atoms with Crippen LogP contribution in [0, 0.1) is 0 Å². The number of carbonyl (C=O) groups excluding carboxylic acids is 1. The van der Waals surface area contributed by atoms with Crippen molar-refractivity contribution in [2.24, 2.45) is 0 Å². The molecule has 0 fully saturated rings. The predicted molar refractivity (Wildman–Crippen MR) is 76.1 cm³/mol. The lowest BCUT2D eigenvalue weighted by Gasteiger charge is -2.07. The summed E-state index contributed by atoms with van der Waals surface area (Å²) in [5.41, 5.74) is 0.661. The van der Waals surface area contributed by atoms with E-state index in [4.69, 9.17) is 23.2 Å². The van der Waals surface area contributed by atoms with Crippen LogP contribution in [-0.4, -0.2) is 21.7 Å². The van der Waals surface area contributed by atoms with Crippen molar-refractivity contribution >= 4 is 58.1 Å². The molecule has 1 amide bonds. The van der Waals surface area contributed by atoms with Crippen molar-refractivity contribution in [1.29, 1.82) is 0 Å². The van der Waals surface area contributed by atoms with Crippen LogP contribution in [0.5, 0.6) is 0 Å². The molecule has 0 aliphatic rings. The van der Waals surface area contributed by atoms with Crippen LogP contribution in [0.25, 0.3) is 0 Å². The third kappa shape index (κ3) is 2.77. The van der Waals surface area contributed by atoms with Crippen LogP contribution in [0.3, 0.4) is 0 Å². The molecule has 18 heavy (non-hydrogen) atoms. The van der Waals surface area contributed by atoms with E-state index in [1.165, 1.54) is 23.3 Å². The Morgan fingerprint density at radius 1 is 1.39 bits per heavy atom. The normalized spacial score (nSPS) is 10.4. The molecular weight excluding hydrogens is 313 g/mol. The van der Waals surface area contributed by atoms with Gasteiger partial charge in [0.1, 0.15) is 4.21 Å². The summed E-state index contributed by atoms with van der Waals surface area (Å²) in [4.78, 5) is 12.0. The molecule has 0 aliphatic carbocycles. The van der Waals surface area contributed by atoms with Gasteiger partial charge < -0.3 is 5.32 Å². The summed E-state index contributed by atoms with van der Waals surface area (Å²) in [7, 11) is 0. The van der Waals surface area contributed by atoms with E-state index in [1.54, 1.807) is 18.2 Å². The monoisotopic (exact) mass is 319 g/mol. The molecule has 0 bridgehead atoms. The SMILES string of the molecule is CSc1snnc1C(=O)Nc1c(Cl)cccc1Cl. The van der Waals surface area contributed by atoms with Gasteiger partial charge in [0.05, 0.1) is 15.7 Å². The van der Waals surface area contributed by atoms with Crippen LogP contribution >= 0.6 is 46.5 Å². The zero-order valence-electron chi connectivity index (χ0n) is 9.11. The molecule has 8 heteroatoms. The molecule has 1 heterocycles. The highest BCUT2D eigenvalue weighted by Crippen LogP contribution is 2.31. The Kier molecular flexibility index (Phi) is 4.45. The van der Waals surface area contributed by atoms with Gasteiger partial charge in [0, 0.05) is 0 Å². The topological polar surface area (TPSA) is 54.9 Å².